The minimum absolute atomic E-state index is 0.281. The molecule has 1 N–H and O–H groups in total. The molecule has 1 rings (SSSR count). The van der Waals surface area contributed by atoms with E-state index in [1.807, 2.05) is 0 Å². The molecule has 1 amide bonds. The lowest BCUT2D eigenvalue weighted by Crippen LogP contribution is -2.42. The first-order valence-electron chi connectivity index (χ1n) is 5.48. The molecule has 0 saturated heterocycles. The van der Waals surface area contributed by atoms with Crippen LogP contribution in [0.4, 0.5) is 13.2 Å². The van der Waals surface area contributed by atoms with Gasteiger partial charge in [0.25, 0.3) is 0 Å². The molecular weight excluding hydrogens is 343 g/mol. The summed E-state index contributed by atoms with van der Waals surface area (Å²) in [5.41, 5.74) is 0.502. The van der Waals surface area contributed by atoms with E-state index in [0.29, 0.717) is 10.0 Å². The smallest absolute Gasteiger partial charge is 0.406 e. The summed E-state index contributed by atoms with van der Waals surface area (Å²) in [6.07, 6.45) is -4.93. The van der Waals surface area contributed by atoms with Gasteiger partial charge in [-0.1, -0.05) is 28.1 Å². The fourth-order valence-corrected chi connectivity index (χ4v) is 1.99. The second-order valence-electron chi connectivity index (χ2n) is 4.07. The molecule has 0 bridgehead atoms. The van der Waals surface area contributed by atoms with E-state index < -0.39 is 31.1 Å². The number of benzene rings is 1. The molecule has 0 spiro atoms. The number of carboxylic acid groups (broad SMARTS) is 1. The van der Waals surface area contributed by atoms with Crippen LogP contribution in [0.15, 0.2) is 28.7 Å². The minimum Gasteiger partial charge on any atom is -0.480 e. The summed E-state index contributed by atoms with van der Waals surface area (Å²) in [5.74, 6) is -2.38. The van der Waals surface area contributed by atoms with Crippen molar-refractivity contribution >= 4 is 27.8 Å². The highest BCUT2D eigenvalue weighted by Crippen LogP contribution is 2.18. The molecule has 0 aliphatic carbocycles. The summed E-state index contributed by atoms with van der Waals surface area (Å²) < 4.78 is 37.7. The highest BCUT2D eigenvalue weighted by Gasteiger charge is 2.33. The molecule has 0 unspecified atom stereocenters. The van der Waals surface area contributed by atoms with Crippen LogP contribution in [0.2, 0.25) is 0 Å². The number of amides is 1. The van der Waals surface area contributed by atoms with Crippen molar-refractivity contribution in [2.45, 2.75) is 12.6 Å². The molecule has 0 aliphatic heterocycles. The van der Waals surface area contributed by atoms with Gasteiger partial charge in [0.2, 0.25) is 5.91 Å². The molecule has 1 aromatic carbocycles. The maximum absolute atomic E-state index is 12.3. The summed E-state index contributed by atoms with van der Waals surface area (Å²) in [7, 11) is 0. The van der Waals surface area contributed by atoms with E-state index in [1.54, 1.807) is 24.3 Å². The van der Waals surface area contributed by atoms with E-state index in [1.165, 1.54) is 0 Å². The lowest BCUT2D eigenvalue weighted by atomic mass is 10.1. The quantitative estimate of drug-likeness (QED) is 0.884. The monoisotopic (exact) mass is 353 g/mol. The van der Waals surface area contributed by atoms with Gasteiger partial charge in [0.1, 0.15) is 13.1 Å². The number of carbonyl (C=O) groups excluding carboxylic acids is 1. The van der Waals surface area contributed by atoms with Crippen molar-refractivity contribution in [3.63, 3.8) is 0 Å². The number of alkyl halides is 3. The molecule has 0 atom stereocenters. The first-order valence-corrected chi connectivity index (χ1v) is 6.27. The molecule has 4 nitrogen and oxygen atoms in total. The maximum Gasteiger partial charge on any atom is 0.406 e. The molecule has 0 heterocycles. The Hall–Kier alpha value is -1.57. The van der Waals surface area contributed by atoms with Crippen molar-refractivity contribution in [1.82, 2.24) is 4.90 Å². The number of aliphatic carboxylic acids is 1. The standard InChI is InChI=1S/C12H11BrF3NO3/c13-9-3-1-2-8(4-9)5-10(18)17(6-11(19)20)7-12(14,15)16/h1-4H,5-7H2,(H,19,20). The highest BCUT2D eigenvalue weighted by atomic mass is 79.9. The Morgan fingerprint density at radius 3 is 2.45 bits per heavy atom. The third-order valence-electron chi connectivity index (χ3n) is 2.29. The number of hydrogen-bond acceptors (Lipinski definition) is 2. The van der Waals surface area contributed by atoms with Gasteiger partial charge in [0.15, 0.2) is 0 Å². The van der Waals surface area contributed by atoms with Crippen LogP contribution in [-0.4, -0.2) is 41.1 Å². The molecule has 20 heavy (non-hydrogen) atoms. The largest absolute Gasteiger partial charge is 0.480 e. The van der Waals surface area contributed by atoms with E-state index >= 15 is 0 Å². The van der Waals surface area contributed by atoms with Crippen LogP contribution in [0.5, 0.6) is 0 Å². The zero-order chi connectivity index (χ0) is 15.3. The third kappa shape index (κ3) is 6.05. The summed E-state index contributed by atoms with van der Waals surface area (Å²) in [4.78, 5) is 22.6. The highest BCUT2D eigenvalue weighted by molar-refractivity contribution is 9.10. The first-order chi connectivity index (χ1) is 9.17. The summed E-state index contributed by atoms with van der Waals surface area (Å²) in [5, 5.41) is 8.57. The van der Waals surface area contributed by atoms with Crippen molar-refractivity contribution in [1.29, 1.82) is 0 Å². The number of halogens is 4. The Balaban J connectivity index is 2.79. The van der Waals surface area contributed by atoms with Gasteiger partial charge in [-0.3, -0.25) is 9.59 Å². The molecule has 0 fully saturated rings. The van der Waals surface area contributed by atoms with Crippen molar-refractivity contribution in [2.24, 2.45) is 0 Å². The van der Waals surface area contributed by atoms with Crippen molar-refractivity contribution in [3.05, 3.63) is 34.3 Å². The van der Waals surface area contributed by atoms with Gasteiger partial charge in [-0.05, 0) is 17.7 Å². The Kier molecular flexibility index (Phi) is 5.55. The average molecular weight is 354 g/mol. The zero-order valence-electron chi connectivity index (χ0n) is 10.2. The van der Waals surface area contributed by atoms with Crippen LogP contribution in [0.1, 0.15) is 5.56 Å². The molecular formula is C12H11BrF3NO3. The van der Waals surface area contributed by atoms with E-state index in [2.05, 4.69) is 15.9 Å². The predicted octanol–water partition coefficient (Wildman–Crippen LogP) is 2.47. The topological polar surface area (TPSA) is 57.6 Å². The van der Waals surface area contributed by atoms with E-state index in [0.717, 1.165) is 0 Å². The van der Waals surface area contributed by atoms with Crippen LogP contribution >= 0.6 is 15.9 Å². The van der Waals surface area contributed by atoms with Gasteiger partial charge in [-0.2, -0.15) is 13.2 Å². The van der Waals surface area contributed by atoms with Crippen LogP contribution in [0.25, 0.3) is 0 Å². The fourth-order valence-electron chi connectivity index (χ4n) is 1.55. The summed E-state index contributed by atoms with van der Waals surface area (Å²) in [6.45, 7) is -2.56. The number of rotatable bonds is 5. The number of carboxylic acids is 1. The second kappa shape index (κ2) is 6.74. The van der Waals surface area contributed by atoms with Gasteiger partial charge >= 0.3 is 12.1 Å². The normalized spacial score (nSPS) is 11.2. The van der Waals surface area contributed by atoms with Gasteiger partial charge < -0.3 is 10.0 Å². The third-order valence-corrected chi connectivity index (χ3v) is 2.79. The molecule has 8 heteroatoms. The second-order valence-corrected chi connectivity index (χ2v) is 4.98. The van der Waals surface area contributed by atoms with E-state index in [9.17, 15) is 22.8 Å². The Bertz CT molecular complexity index is 505. The Morgan fingerprint density at radius 1 is 1.30 bits per heavy atom. The van der Waals surface area contributed by atoms with Crippen LogP contribution in [-0.2, 0) is 16.0 Å². The lowest BCUT2D eigenvalue weighted by molar-refractivity contribution is -0.165. The van der Waals surface area contributed by atoms with Gasteiger partial charge in [-0.25, -0.2) is 0 Å². The molecule has 1 aromatic rings. The average Bonchev–Trinajstić information content (AvgIpc) is 2.25. The van der Waals surface area contributed by atoms with Crippen LogP contribution in [0, 0.1) is 0 Å². The predicted molar refractivity (Wildman–Crippen MR) is 68.1 cm³/mol. The van der Waals surface area contributed by atoms with Gasteiger partial charge in [-0.15, -0.1) is 0 Å². The van der Waals surface area contributed by atoms with Crippen molar-refractivity contribution in [2.75, 3.05) is 13.1 Å². The molecule has 0 radical (unpaired) electrons. The van der Waals surface area contributed by atoms with Crippen LogP contribution in [0.3, 0.4) is 0 Å². The lowest BCUT2D eigenvalue weighted by Gasteiger charge is -2.22. The minimum atomic E-state index is -4.64. The fraction of sp³-hybridized carbons (Fsp3) is 0.333. The zero-order valence-corrected chi connectivity index (χ0v) is 11.7. The number of nitrogens with zero attached hydrogens (tertiary/aromatic N) is 1. The molecule has 0 aliphatic rings. The van der Waals surface area contributed by atoms with Gasteiger partial charge in [0, 0.05) is 4.47 Å². The van der Waals surface area contributed by atoms with E-state index in [-0.39, 0.29) is 11.3 Å². The summed E-state index contributed by atoms with van der Waals surface area (Å²) in [6, 6.07) is 6.51. The number of carbonyl (C=O) groups is 2. The van der Waals surface area contributed by atoms with Crippen molar-refractivity contribution in [3.8, 4) is 0 Å². The maximum atomic E-state index is 12.3. The van der Waals surface area contributed by atoms with Crippen LogP contribution < -0.4 is 0 Å². The number of hydrogen-bond donors (Lipinski definition) is 1. The SMILES string of the molecule is O=C(O)CN(CC(F)(F)F)C(=O)Cc1cccc(Br)c1. The summed E-state index contributed by atoms with van der Waals surface area (Å²) >= 11 is 3.18. The Morgan fingerprint density at radius 2 is 1.95 bits per heavy atom. The molecule has 0 aromatic heterocycles. The van der Waals surface area contributed by atoms with Gasteiger partial charge in [0.05, 0.1) is 6.42 Å². The molecule has 0 saturated carbocycles. The van der Waals surface area contributed by atoms with E-state index in [4.69, 9.17) is 5.11 Å². The molecule has 110 valence electrons. The Labute approximate surface area is 121 Å². The first kappa shape index (κ1) is 16.5. The van der Waals surface area contributed by atoms with Crippen molar-refractivity contribution < 1.29 is 27.9 Å².